The van der Waals surface area contributed by atoms with Gasteiger partial charge in [0.15, 0.2) is 17.3 Å². The molecule has 2 rings (SSSR count). The monoisotopic (exact) mass is 362 g/mol. The number of phenolic OH excluding ortho intramolecular Hbond substituents is 1. The number of aromatic hydroxyl groups is 1. The van der Waals surface area contributed by atoms with Crippen LogP contribution in [0.15, 0.2) is 46.9 Å². The van der Waals surface area contributed by atoms with Gasteiger partial charge in [-0.15, -0.1) is 0 Å². The van der Waals surface area contributed by atoms with Crippen molar-refractivity contribution >= 4 is 27.8 Å². The highest BCUT2D eigenvalue weighted by molar-refractivity contribution is 9.10. The molecule has 4 nitrogen and oxygen atoms in total. The van der Waals surface area contributed by atoms with Gasteiger partial charge in [-0.1, -0.05) is 18.2 Å². The van der Waals surface area contributed by atoms with Crippen LogP contribution in [0.2, 0.25) is 0 Å². The Labute approximate surface area is 137 Å². The van der Waals surface area contributed by atoms with E-state index < -0.39 is 0 Å². The molecule has 0 atom stereocenters. The molecule has 0 aliphatic carbocycles. The number of ketones is 1. The van der Waals surface area contributed by atoms with E-state index in [0.717, 1.165) is 5.56 Å². The van der Waals surface area contributed by atoms with Crippen molar-refractivity contribution in [1.82, 2.24) is 0 Å². The molecule has 0 unspecified atom stereocenters. The molecule has 22 heavy (non-hydrogen) atoms. The summed E-state index contributed by atoms with van der Waals surface area (Å²) >= 11 is 3.24. The molecule has 0 aliphatic rings. The van der Waals surface area contributed by atoms with Gasteiger partial charge in [-0.3, -0.25) is 4.79 Å². The summed E-state index contributed by atoms with van der Waals surface area (Å²) in [7, 11) is 3.02. The number of carbonyl (C=O) groups excluding carboxylic acids is 1. The van der Waals surface area contributed by atoms with Gasteiger partial charge >= 0.3 is 0 Å². The molecule has 0 bridgehead atoms. The fourth-order valence-corrected chi connectivity index (χ4v) is 2.35. The van der Waals surface area contributed by atoms with Crippen molar-refractivity contribution in [2.75, 3.05) is 14.2 Å². The second kappa shape index (κ2) is 7.13. The molecule has 2 aromatic carbocycles. The summed E-state index contributed by atoms with van der Waals surface area (Å²) in [6.45, 7) is 0. The van der Waals surface area contributed by atoms with Crippen molar-refractivity contribution in [3.05, 3.63) is 58.1 Å². The number of carbonyl (C=O) groups is 1. The average molecular weight is 363 g/mol. The fourth-order valence-electron chi connectivity index (χ4n) is 1.89. The Morgan fingerprint density at radius 1 is 1.18 bits per heavy atom. The Bertz CT molecular complexity index is 723. The summed E-state index contributed by atoms with van der Waals surface area (Å²) in [4.78, 5) is 12.2. The number of halogens is 1. The highest BCUT2D eigenvalue weighted by atomic mass is 79.9. The zero-order valence-corrected chi connectivity index (χ0v) is 13.8. The first-order valence-electron chi connectivity index (χ1n) is 6.48. The first-order valence-corrected chi connectivity index (χ1v) is 7.27. The summed E-state index contributed by atoms with van der Waals surface area (Å²) in [5, 5.41) is 9.76. The number of methoxy groups -OCH3 is 2. The lowest BCUT2D eigenvalue weighted by molar-refractivity contribution is 0.104. The van der Waals surface area contributed by atoms with E-state index >= 15 is 0 Å². The maximum atomic E-state index is 12.2. The maximum absolute atomic E-state index is 12.2. The minimum atomic E-state index is -0.137. The van der Waals surface area contributed by atoms with E-state index in [9.17, 15) is 9.90 Å². The van der Waals surface area contributed by atoms with Crippen LogP contribution in [0.25, 0.3) is 6.08 Å². The largest absolute Gasteiger partial charge is 0.503 e. The standard InChI is InChI=1S/C17H15BrO4/c1-21-13-5-3-4-12(10-13)15(19)7-6-11-8-14(18)17(20)16(9-11)22-2/h3-10,20H,1-2H3. The number of allylic oxidation sites excluding steroid dienone is 1. The highest BCUT2D eigenvalue weighted by Crippen LogP contribution is 2.35. The van der Waals surface area contributed by atoms with E-state index in [-0.39, 0.29) is 11.5 Å². The summed E-state index contributed by atoms with van der Waals surface area (Å²) in [5.41, 5.74) is 1.28. The molecule has 0 aliphatic heterocycles. The lowest BCUT2D eigenvalue weighted by atomic mass is 10.1. The van der Waals surface area contributed by atoms with Crippen LogP contribution >= 0.6 is 15.9 Å². The maximum Gasteiger partial charge on any atom is 0.185 e. The van der Waals surface area contributed by atoms with Gasteiger partial charge in [0.05, 0.1) is 18.7 Å². The second-order valence-corrected chi connectivity index (χ2v) is 5.34. The third kappa shape index (κ3) is 3.68. The topological polar surface area (TPSA) is 55.8 Å². The molecule has 0 heterocycles. The van der Waals surface area contributed by atoms with Gasteiger partial charge in [0, 0.05) is 5.56 Å². The van der Waals surface area contributed by atoms with E-state index in [1.54, 1.807) is 49.6 Å². The predicted octanol–water partition coefficient (Wildman–Crippen LogP) is 4.07. The molecule has 0 fully saturated rings. The molecule has 0 saturated carbocycles. The lowest BCUT2D eigenvalue weighted by Gasteiger charge is -2.06. The Morgan fingerprint density at radius 2 is 1.95 bits per heavy atom. The van der Waals surface area contributed by atoms with Crippen molar-refractivity contribution in [2.45, 2.75) is 0 Å². The van der Waals surface area contributed by atoms with Crippen LogP contribution in [-0.2, 0) is 0 Å². The highest BCUT2D eigenvalue weighted by Gasteiger charge is 2.08. The van der Waals surface area contributed by atoms with Crippen LogP contribution in [0.5, 0.6) is 17.2 Å². The summed E-state index contributed by atoms with van der Waals surface area (Å²) in [6, 6.07) is 10.3. The molecule has 0 aromatic heterocycles. The van der Waals surface area contributed by atoms with Crippen molar-refractivity contribution in [1.29, 1.82) is 0 Å². The molecule has 2 aromatic rings. The average Bonchev–Trinajstić information content (AvgIpc) is 2.55. The summed E-state index contributed by atoms with van der Waals surface area (Å²) in [5.74, 6) is 0.858. The lowest BCUT2D eigenvalue weighted by Crippen LogP contribution is -1.95. The van der Waals surface area contributed by atoms with Gasteiger partial charge < -0.3 is 14.6 Å². The van der Waals surface area contributed by atoms with Crippen molar-refractivity contribution in [3.8, 4) is 17.2 Å². The SMILES string of the molecule is COc1cccc(C(=O)C=Cc2cc(Br)c(O)c(OC)c2)c1. The van der Waals surface area contributed by atoms with Crippen LogP contribution in [-0.4, -0.2) is 25.1 Å². The Hall–Kier alpha value is -2.27. The van der Waals surface area contributed by atoms with E-state index in [0.29, 0.717) is 21.5 Å². The molecule has 1 N–H and O–H groups in total. The van der Waals surface area contributed by atoms with Crippen molar-refractivity contribution < 1.29 is 19.4 Å². The zero-order valence-electron chi connectivity index (χ0n) is 12.2. The molecule has 0 saturated heterocycles. The molecule has 0 amide bonds. The van der Waals surface area contributed by atoms with Gasteiger partial charge in [0.2, 0.25) is 0 Å². The van der Waals surface area contributed by atoms with Crippen molar-refractivity contribution in [2.24, 2.45) is 0 Å². The smallest absolute Gasteiger partial charge is 0.185 e. The number of phenols is 1. The predicted molar refractivity (Wildman–Crippen MR) is 88.7 cm³/mol. The normalized spacial score (nSPS) is 10.7. The zero-order chi connectivity index (χ0) is 16.1. The Balaban J connectivity index is 2.24. The van der Waals surface area contributed by atoms with E-state index in [1.165, 1.54) is 13.2 Å². The molecular formula is C17H15BrO4. The quantitative estimate of drug-likeness (QED) is 0.643. The summed E-state index contributed by atoms with van der Waals surface area (Å²) in [6.07, 6.45) is 3.13. The van der Waals surface area contributed by atoms with E-state index in [2.05, 4.69) is 15.9 Å². The molecule has 0 radical (unpaired) electrons. The summed E-state index contributed by atoms with van der Waals surface area (Å²) < 4.78 is 10.7. The van der Waals surface area contributed by atoms with Gasteiger partial charge in [-0.05, 0) is 51.8 Å². The first kappa shape index (κ1) is 16.1. The number of benzene rings is 2. The number of ether oxygens (including phenoxy) is 2. The number of rotatable bonds is 5. The minimum absolute atomic E-state index is 0.0266. The Morgan fingerprint density at radius 3 is 2.64 bits per heavy atom. The fraction of sp³-hybridized carbons (Fsp3) is 0.118. The van der Waals surface area contributed by atoms with Gasteiger partial charge in [0.25, 0.3) is 0 Å². The number of hydrogen-bond donors (Lipinski definition) is 1. The van der Waals surface area contributed by atoms with Crippen LogP contribution in [0.1, 0.15) is 15.9 Å². The van der Waals surface area contributed by atoms with Crippen LogP contribution in [0.3, 0.4) is 0 Å². The molecule has 5 heteroatoms. The van der Waals surface area contributed by atoms with Gasteiger partial charge in [0.1, 0.15) is 5.75 Å². The molecule has 114 valence electrons. The second-order valence-electron chi connectivity index (χ2n) is 4.48. The third-order valence-corrected chi connectivity index (χ3v) is 3.66. The minimum Gasteiger partial charge on any atom is -0.503 e. The van der Waals surface area contributed by atoms with E-state index in [4.69, 9.17) is 9.47 Å². The van der Waals surface area contributed by atoms with Crippen LogP contribution < -0.4 is 9.47 Å². The third-order valence-electron chi connectivity index (χ3n) is 3.05. The van der Waals surface area contributed by atoms with E-state index in [1.807, 2.05) is 0 Å². The molecule has 0 spiro atoms. The molecular weight excluding hydrogens is 348 g/mol. The number of hydrogen-bond acceptors (Lipinski definition) is 4. The van der Waals surface area contributed by atoms with Gasteiger partial charge in [-0.25, -0.2) is 0 Å². The Kier molecular flexibility index (Phi) is 5.22. The van der Waals surface area contributed by atoms with Gasteiger partial charge in [-0.2, -0.15) is 0 Å². The van der Waals surface area contributed by atoms with Crippen molar-refractivity contribution in [3.63, 3.8) is 0 Å². The first-order chi connectivity index (χ1) is 10.5. The van der Waals surface area contributed by atoms with Crippen LogP contribution in [0, 0.1) is 0 Å². The van der Waals surface area contributed by atoms with Crippen LogP contribution in [0.4, 0.5) is 0 Å².